The van der Waals surface area contributed by atoms with E-state index < -0.39 is 0 Å². The normalized spacial score (nSPS) is 23.9. The van der Waals surface area contributed by atoms with Gasteiger partial charge in [-0.05, 0) is 11.6 Å². The maximum absolute atomic E-state index is 11.7. The minimum Gasteiger partial charge on any atom is -0.326 e. The van der Waals surface area contributed by atoms with Crippen molar-refractivity contribution in [2.75, 3.05) is 5.32 Å². The van der Waals surface area contributed by atoms with Crippen molar-refractivity contribution in [1.29, 1.82) is 0 Å². The Labute approximate surface area is 84.3 Å². The molecule has 0 fully saturated rings. The predicted octanol–water partition coefficient (Wildman–Crippen LogP) is 2.55. The van der Waals surface area contributed by atoms with Gasteiger partial charge in [-0.1, -0.05) is 39.0 Å². The largest absolute Gasteiger partial charge is 0.326 e. The van der Waals surface area contributed by atoms with E-state index in [0.29, 0.717) is 0 Å². The van der Waals surface area contributed by atoms with E-state index in [9.17, 15) is 4.79 Å². The molecule has 74 valence electrons. The summed E-state index contributed by atoms with van der Waals surface area (Å²) in [5, 5.41) is 2.93. The van der Waals surface area contributed by atoms with Gasteiger partial charge in [-0.25, -0.2) is 0 Å². The summed E-state index contributed by atoms with van der Waals surface area (Å²) < 4.78 is 0. The predicted molar refractivity (Wildman–Crippen MR) is 57.3 cm³/mol. The van der Waals surface area contributed by atoms with Crippen LogP contribution in [-0.2, 0) is 10.2 Å². The summed E-state index contributed by atoms with van der Waals surface area (Å²) in [5.74, 6) is 0.145. The molecule has 0 bridgehead atoms. The number of benzene rings is 1. The topological polar surface area (TPSA) is 29.1 Å². The van der Waals surface area contributed by atoms with Crippen molar-refractivity contribution in [3.63, 3.8) is 0 Å². The van der Waals surface area contributed by atoms with Crippen LogP contribution in [0.25, 0.3) is 0 Å². The van der Waals surface area contributed by atoms with Crippen LogP contribution in [0.2, 0.25) is 0 Å². The van der Waals surface area contributed by atoms with Crippen molar-refractivity contribution in [1.82, 2.24) is 0 Å². The molecule has 1 aliphatic rings. The van der Waals surface area contributed by atoms with Crippen LogP contribution in [0.15, 0.2) is 24.3 Å². The highest BCUT2D eigenvalue weighted by Crippen LogP contribution is 2.40. The summed E-state index contributed by atoms with van der Waals surface area (Å²) in [4.78, 5) is 11.7. The number of carbonyl (C=O) groups is 1. The highest BCUT2D eigenvalue weighted by atomic mass is 16.2. The van der Waals surface area contributed by atoms with Crippen LogP contribution in [-0.4, -0.2) is 5.91 Å². The molecule has 0 saturated heterocycles. The van der Waals surface area contributed by atoms with Crippen molar-refractivity contribution in [3.05, 3.63) is 29.8 Å². The number of nitrogens with one attached hydrogen (secondary N) is 1. The molecule has 2 nitrogen and oxygen atoms in total. The van der Waals surface area contributed by atoms with E-state index >= 15 is 0 Å². The van der Waals surface area contributed by atoms with Gasteiger partial charge in [0, 0.05) is 17.0 Å². The Hall–Kier alpha value is -1.31. The van der Waals surface area contributed by atoms with Gasteiger partial charge in [-0.3, -0.25) is 4.79 Å². The zero-order chi connectivity index (χ0) is 10.3. The first kappa shape index (κ1) is 9.25. The Balaban J connectivity index is 2.59. The van der Waals surface area contributed by atoms with Crippen molar-refractivity contribution >= 4 is 11.6 Å². The van der Waals surface area contributed by atoms with Crippen LogP contribution >= 0.6 is 0 Å². The highest BCUT2D eigenvalue weighted by Gasteiger charge is 2.38. The quantitative estimate of drug-likeness (QED) is 0.667. The molecule has 1 aliphatic heterocycles. The van der Waals surface area contributed by atoms with Gasteiger partial charge in [0.15, 0.2) is 0 Å². The Kier molecular flexibility index (Phi) is 1.88. The molecular formula is C12H15NO. The Morgan fingerprint density at radius 3 is 2.64 bits per heavy atom. The van der Waals surface area contributed by atoms with Crippen LogP contribution in [0.3, 0.4) is 0 Å². The van der Waals surface area contributed by atoms with Crippen LogP contribution < -0.4 is 5.32 Å². The van der Waals surface area contributed by atoms with Crippen molar-refractivity contribution in [3.8, 4) is 0 Å². The number of fused-ring (bicyclic) bond motifs is 1. The third-order valence-electron chi connectivity index (χ3n) is 3.35. The van der Waals surface area contributed by atoms with Crippen molar-refractivity contribution in [2.45, 2.75) is 26.2 Å². The minimum atomic E-state index is -0.0705. The first-order valence-electron chi connectivity index (χ1n) is 4.94. The number of hydrogen-bond donors (Lipinski definition) is 1. The number of rotatable bonds is 0. The zero-order valence-electron chi connectivity index (χ0n) is 8.79. The van der Waals surface area contributed by atoms with Crippen molar-refractivity contribution in [2.24, 2.45) is 5.92 Å². The van der Waals surface area contributed by atoms with Gasteiger partial charge >= 0.3 is 0 Å². The third-order valence-corrected chi connectivity index (χ3v) is 3.35. The van der Waals surface area contributed by atoms with Gasteiger partial charge < -0.3 is 5.32 Å². The minimum absolute atomic E-state index is 0.0254. The maximum Gasteiger partial charge on any atom is 0.228 e. The van der Waals surface area contributed by atoms with E-state index in [2.05, 4.69) is 25.2 Å². The summed E-state index contributed by atoms with van der Waals surface area (Å²) in [6.07, 6.45) is 0. The van der Waals surface area contributed by atoms with E-state index in [4.69, 9.17) is 0 Å². The SMILES string of the molecule is CC1C(=O)Nc2ccccc2C1(C)C. The van der Waals surface area contributed by atoms with E-state index in [-0.39, 0.29) is 17.2 Å². The second-order valence-corrected chi connectivity index (χ2v) is 4.48. The average Bonchev–Trinajstić information content (AvgIpc) is 2.15. The molecular weight excluding hydrogens is 174 g/mol. The lowest BCUT2D eigenvalue weighted by Gasteiger charge is -2.37. The Bertz CT molecular complexity index is 382. The number of carbonyl (C=O) groups excluding carboxylic acids is 1. The summed E-state index contributed by atoms with van der Waals surface area (Å²) in [6.45, 7) is 6.22. The first-order chi connectivity index (χ1) is 6.53. The van der Waals surface area contributed by atoms with Gasteiger partial charge in [0.2, 0.25) is 5.91 Å². The van der Waals surface area contributed by atoms with Crippen molar-refractivity contribution < 1.29 is 4.79 Å². The van der Waals surface area contributed by atoms with Crippen LogP contribution in [0.5, 0.6) is 0 Å². The highest BCUT2D eigenvalue weighted by molar-refractivity contribution is 5.97. The zero-order valence-corrected chi connectivity index (χ0v) is 8.79. The molecule has 14 heavy (non-hydrogen) atoms. The van der Waals surface area contributed by atoms with Crippen LogP contribution in [0.1, 0.15) is 26.3 Å². The molecule has 1 N–H and O–H groups in total. The number of hydrogen-bond acceptors (Lipinski definition) is 1. The summed E-state index contributed by atoms with van der Waals surface area (Å²) in [6, 6.07) is 8.02. The lowest BCUT2D eigenvalue weighted by atomic mass is 9.71. The standard InChI is InChI=1S/C12H15NO/c1-8-11(14)13-10-7-5-4-6-9(10)12(8,2)3/h4-8H,1-3H3,(H,13,14). The van der Waals surface area contributed by atoms with Gasteiger partial charge in [-0.15, -0.1) is 0 Å². The van der Waals surface area contributed by atoms with Gasteiger partial charge in [0.05, 0.1) is 0 Å². The van der Waals surface area contributed by atoms with Crippen LogP contribution in [0, 0.1) is 5.92 Å². The van der Waals surface area contributed by atoms with E-state index in [1.54, 1.807) is 0 Å². The molecule has 1 amide bonds. The Morgan fingerprint density at radius 1 is 1.29 bits per heavy atom. The second-order valence-electron chi connectivity index (χ2n) is 4.48. The van der Waals surface area contributed by atoms with Gasteiger partial charge in [0.25, 0.3) is 0 Å². The number of anilines is 1. The second kappa shape index (κ2) is 2.84. The fourth-order valence-electron chi connectivity index (χ4n) is 1.96. The third kappa shape index (κ3) is 1.14. The summed E-state index contributed by atoms with van der Waals surface area (Å²) >= 11 is 0. The van der Waals surface area contributed by atoms with E-state index in [1.807, 2.05) is 25.1 Å². The maximum atomic E-state index is 11.7. The van der Waals surface area contributed by atoms with E-state index in [1.165, 1.54) is 5.56 Å². The number of para-hydroxylation sites is 1. The van der Waals surface area contributed by atoms with E-state index in [0.717, 1.165) is 5.69 Å². The molecule has 2 heteroatoms. The average molecular weight is 189 g/mol. The molecule has 0 saturated carbocycles. The molecule has 1 heterocycles. The van der Waals surface area contributed by atoms with Crippen LogP contribution in [0.4, 0.5) is 5.69 Å². The summed E-state index contributed by atoms with van der Waals surface area (Å²) in [5.41, 5.74) is 2.12. The smallest absolute Gasteiger partial charge is 0.228 e. The molecule has 0 aromatic heterocycles. The molecule has 0 spiro atoms. The Morgan fingerprint density at radius 2 is 1.93 bits per heavy atom. The van der Waals surface area contributed by atoms with Gasteiger partial charge in [0.1, 0.15) is 0 Å². The molecule has 1 atom stereocenters. The lowest BCUT2D eigenvalue weighted by molar-refractivity contribution is -0.121. The number of amides is 1. The molecule has 2 rings (SSSR count). The molecule has 0 radical (unpaired) electrons. The molecule has 1 unspecified atom stereocenters. The fraction of sp³-hybridized carbons (Fsp3) is 0.417. The monoisotopic (exact) mass is 189 g/mol. The fourth-order valence-corrected chi connectivity index (χ4v) is 1.96. The van der Waals surface area contributed by atoms with Gasteiger partial charge in [-0.2, -0.15) is 0 Å². The lowest BCUT2D eigenvalue weighted by Crippen LogP contribution is -2.41. The molecule has 0 aliphatic carbocycles. The molecule has 1 aromatic rings. The first-order valence-corrected chi connectivity index (χ1v) is 4.94. The molecule has 1 aromatic carbocycles. The summed E-state index contributed by atoms with van der Waals surface area (Å²) in [7, 11) is 0.